The smallest absolute Gasteiger partial charge is 0.256 e. The third kappa shape index (κ3) is 2.54. The summed E-state index contributed by atoms with van der Waals surface area (Å²) in [5.74, 6) is -0.259. The molecule has 0 aromatic heterocycles. The number of sulfonamides is 1. The van der Waals surface area contributed by atoms with Gasteiger partial charge < -0.3 is 5.32 Å². The lowest BCUT2D eigenvalue weighted by Crippen LogP contribution is -2.12. The molecule has 1 aliphatic heterocycles. The lowest BCUT2D eigenvalue weighted by Gasteiger charge is -2.04. The van der Waals surface area contributed by atoms with Gasteiger partial charge in [-0.2, -0.15) is 0 Å². The van der Waals surface area contributed by atoms with Gasteiger partial charge in [-0.05, 0) is 42.3 Å². The summed E-state index contributed by atoms with van der Waals surface area (Å²) in [6.45, 7) is 1.95. The number of carbonyl (C=O) groups excluding carboxylic acids is 1. The van der Waals surface area contributed by atoms with Gasteiger partial charge in [0.2, 0.25) is 10.0 Å². The molecule has 0 radical (unpaired) electrons. The fraction of sp³-hybridized carbons (Fsp3) is 0.0625. The van der Waals surface area contributed by atoms with Gasteiger partial charge >= 0.3 is 0 Å². The third-order valence-electron chi connectivity index (χ3n) is 3.59. The van der Waals surface area contributed by atoms with Crippen molar-refractivity contribution in [3.05, 3.63) is 59.2 Å². The second-order valence-electron chi connectivity index (χ2n) is 5.12. The van der Waals surface area contributed by atoms with Crippen molar-refractivity contribution in [3.63, 3.8) is 0 Å². The van der Waals surface area contributed by atoms with Crippen LogP contribution in [-0.4, -0.2) is 14.3 Å². The van der Waals surface area contributed by atoms with Crippen LogP contribution in [0.4, 0.5) is 5.69 Å². The lowest BCUT2D eigenvalue weighted by atomic mass is 10.0. The van der Waals surface area contributed by atoms with E-state index in [9.17, 15) is 13.2 Å². The minimum Gasteiger partial charge on any atom is -0.321 e. The Morgan fingerprint density at radius 2 is 1.86 bits per heavy atom. The Kier molecular flexibility index (Phi) is 3.35. The Balaban J connectivity index is 2.17. The molecule has 0 atom stereocenters. The van der Waals surface area contributed by atoms with E-state index in [0.29, 0.717) is 16.8 Å². The summed E-state index contributed by atoms with van der Waals surface area (Å²) < 4.78 is 23.0. The standard InChI is InChI=1S/C16H14N2O3S/c1-10-4-2-3-5-11(10)8-14-13-9-12(22(17,20)21)6-7-15(13)18-16(14)19/h2-9H,1H3,(H,18,19)(H2,17,20,21)/b14-8-. The molecule has 1 heterocycles. The zero-order chi connectivity index (χ0) is 15.9. The monoisotopic (exact) mass is 314 g/mol. The maximum Gasteiger partial charge on any atom is 0.256 e. The highest BCUT2D eigenvalue weighted by molar-refractivity contribution is 7.89. The zero-order valence-corrected chi connectivity index (χ0v) is 12.6. The van der Waals surface area contributed by atoms with Crippen molar-refractivity contribution in [1.82, 2.24) is 0 Å². The lowest BCUT2D eigenvalue weighted by molar-refractivity contribution is -0.110. The van der Waals surface area contributed by atoms with E-state index in [2.05, 4.69) is 5.32 Å². The molecule has 1 amide bonds. The van der Waals surface area contributed by atoms with Crippen LogP contribution in [0.1, 0.15) is 16.7 Å². The molecular formula is C16H14N2O3S. The van der Waals surface area contributed by atoms with E-state index >= 15 is 0 Å². The topological polar surface area (TPSA) is 89.3 Å². The third-order valence-corrected chi connectivity index (χ3v) is 4.50. The number of fused-ring (bicyclic) bond motifs is 1. The summed E-state index contributed by atoms with van der Waals surface area (Å²) in [6.07, 6.45) is 1.75. The Labute approximate surface area is 128 Å². The molecule has 3 rings (SSSR count). The highest BCUT2D eigenvalue weighted by Crippen LogP contribution is 2.34. The van der Waals surface area contributed by atoms with Crippen LogP contribution in [0.5, 0.6) is 0 Å². The highest BCUT2D eigenvalue weighted by Gasteiger charge is 2.25. The van der Waals surface area contributed by atoms with Crippen LogP contribution in [-0.2, 0) is 14.8 Å². The first-order valence-corrected chi connectivity index (χ1v) is 8.17. The fourth-order valence-corrected chi connectivity index (χ4v) is 2.93. The Morgan fingerprint density at radius 1 is 1.14 bits per heavy atom. The SMILES string of the molecule is Cc1ccccc1/C=C1\C(=O)Nc2ccc(S(N)(=O)=O)cc21. The molecular weight excluding hydrogens is 300 g/mol. The number of carbonyl (C=O) groups is 1. The normalized spacial score (nSPS) is 15.7. The van der Waals surface area contributed by atoms with Crippen molar-refractivity contribution in [2.75, 3.05) is 5.32 Å². The van der Waals surface area contributed by atoms with Crippen molar-refractivity contribution in [3.8, 4) is 0 Å². The summed E-state index contributed by atoms with van der Waals surface area (Å²) in [7, 11) is -3.81. The Bertz CT molecular complexity index is 915. The number of primary sulfonamides is 1. The van der Waals surface area contributed by atoms with Crippen LogP contribution >= 0.6 is 0 Å². The van der Waals surface area contributed by atoms with Gasteiger partial charge in [0.1, 0.15) is 0 Å². The Hall–Kier alpha value is -2.44. The van der Waals surface area contributed by atoms with E-state index in [0.717, 1.165) is 11.1 Å². The van der Waals surface area contributed by atoms with Gasteiger partial charge in [0, 0.05) is 16.8 Å². The van der Waals surface area contributed by atoms with Crippen molar-refractivity contribution in [2.45, 2.75) is 11.8 Å². The molecule has 0 saturated carbocycles. The molecule has 2 aromatic rings. The average Bonchev–Trinajstić information content (AvgIpc) is 2.76. The van der Waals surface area contributed by atoms with Crippen LogP contribution in [0, 0.1) is 6.92 Å². The molecule has 112 valence electrons. The molecule has 1 aliphatic rings. The summed E-state index contributed by atoms with van der Waals surface area (Å²) in [6, 6.07) is 12.0. The first-order valence-electron chi connectivity index (χ1n) is 6.62. The van der Waals surface area contributed by atoms with Gasteiger partial charge in [0.25, 0.3) is 5.91 Å². The first kappa shape index (κ1) is 14.5. The maximum atomic E-state index is 12.1. The fourth-order valence-electron chi connectivity index (χ4n) is 2.39. The number of anilines is 1. The molecule has 22 heavy (non-hydrogen) atoms. The minimum atomic E-state index is -3.81. The molecule has 2 aromatic carbocycles. The molecule has 0 bridgehead atoms. The van der Waals surface area contributed by atoms with Crippen molar-refractivity contribution in [1.29, 1.82) is 0 Å². The van der Waals surface area contributed by atoms with E-state index in [4.69, 9.17) is 5.14 Å². The number of aryl methyl sites for hydroxylation is 1. The van der Waals surface area contributed by atoms with E-state index in [1.54, 1.807) is 12.1 Å². The van der Waals surface area contributed by atoms with E-state index in [1.807, 2.05) is 31.2 Å². The van der Waals surface area contributed by atoms with Crippen LogP contribution < -0.4 is 10.5 Å². The van der Waals surface area contributed by atoms with Gasteiger partial charge in [-0.25, -0.2) is 13.6 Å². The van der Waals surface area contributed by atoms with Gasteiger partial charge in [0.05, 0.1) is 4.90 Å². The van der Waals surface area contributed by atoms with Crippen molar-refractivity contribution >= 4 is 33.3 Å². The predicted molar refractivity (Wildman–Crippen MR) is 85.5 cm³/mol. The molecule has 0 spiro atoms. The zero-order valence-electron chi connectivity index (χ0n) is 11.8. The van der Waals surface area contributed by atoms with E-state index in [1.165, 1.54) is 12.1 Å². The van der Waals surface area contributed by atoms with Gasteiger partial charge in [0.15, 0.2) is 0 Å². The molecule has 0 unspecified atom stereocenters. The summed E-state index contributed by atoms with van der Waals surface area (Å²) >= 11 is 0. The quantitative estimate of drug-likeness (QED) is 0.832. The molecule has 0 fully saturated rings. The maximum absolute atomic E-state index is 12.1. The summed E-state index contributed by atoms with van der Waals surface area (Å²) in [4.78, 5) is 12.1. The number of benzene rings is 2. The molecule has 3 N–H and O–H groups in total. The second-order valence-corrected chi connectivity index (χ2v) is 6.68. The van der Waals surface area contributed by atoms with Crippen LogP contribution in [0.15, 0.2) is 47.4 Å². The van der Waals surface area contributed by atoms with E-state index in [-0.39, 0.29) is 10.8 Å². The van der Waals surface area contributed by atoms with Crippen LogP contribution in [0.3, 0.4) is 0 Å². The molecule has 0 aliphatic carbocycles. The number of amides is 1. The Morgan fingerprint density at radius 3 is 2.55 bits per heavy atom. The predicted octanol–water partition coefficient (Wildman–Crippen LogP) is 2.14. The largest absolute Gasteiger partial charge is 0.321 e. The second kappa shape index (κ2) is 5.08. The van der Waals surface area contributed by atoms with Crippen molar-refractivity contribution in [2.24, 2.45) is 5.14 Å². The minimum absolute atomic E-state index is 0.0153. The number of nitrogens with one attached hydrogen (secondary N) is 1. The van der Waals surface area contributed by atoms with E-state index < -0.39 is 10.0 Å². The molecule has 6 heteroatoms. The summed E-state index contributed by atoms with van der Waals surface area (Å²) in [5.41, 5.74) is 3.48. The average molecular weight is 314 g/mol. The number of hydrogen-bond donors (Lipinski definition) is 2. The van der Waals surface area contributed by atoms with Crippen LogP contribution in [0.25, 0.3) is 11.6 Å². The molecule has 5 nitrogen and oxygen atoms in total. The number of nitrogens with two attached hydrogens (primary N) is 1. The van der Waals surface area contributed by atoms with Crippen molar-refractivity contribution < 1.29 is 13.2 Å². The highest BCUT2D eigenvalue weighted by atomic mass is 32.2. The van der Waals surface area contributed by atoms with Gasteiger partial charge in [-0.15, -0.1) is 0 Å². The number of hydrogen-bond acceptors (Lipinski definition) is 3. The van der Waals surface area contributed by atoms with Gasteiger partial charge in [-0.1, -0.05) is 24.3 Å². The number of rotatable bonds is 2. The van der Waals surface area contributed by atoms with Gasteiger partial charge in [-0.3, -0.25) is 4.79 Å². The summed E-state index contributed by atoms with van der Waals surface area (Å²) in [5, 5.41) is 7.88. The molecule has 0 saturated heterocycles. The van der Waals surface area contributed by atoms with Crippen LogP contribution in [0.2, 0.25) is 0 Å². The first-order chi connectivity index (χ1) is 10.4.